The minimum atomic E-state index is -0.753. The Kier molecular flexibility index (Phi) is 5.38. The van der Waals surface area contributed by atoms with E-state index in [0.29, 0.717) is 5.75 Å². The summed E-state index contributed by atoms with van der Waals surface area (Å²) < 4.78 is 2.42. The number of aliphatic hydroxyl groups is 2. The molecule has 1 atom stereocenters. The maximum Gasteiger partial charge on any atom is 0.226 e. The Morgan fingerprint density at radius 3 is 2.80 bits per heavy atom. The Labute approximate surface area is 63.8 Å². The third-order valence-electron chi connectivity index (χ3n) is 0.702. The molecule has 1 amide bonds. The lowest BCUT2D eigenvalue weighted by Crippen LogP contribution is -2.20. The molecule has 0 saturated carbocycles. The quantitative estimate of drug-likeness (QED) is 0.473. The monoisotopic (exact) mass is 165 g/mol. The van der Waals surface area contributed by atoms with E-state index in [9.17, 15) is 4.79 Å². The molecule has 0 bridgehead atoms. The molecule has 0 aromatic rings. The van der Waals surface area contributed by atoms with E-state index in [2.05, 4.69) is 4.72 Å². The highest BCUT2D eigenvalue weighted by atomic mass is 32.2. The summed E-state index contributed by atoms with van der Waals surface area (Å²) in [4.78, 5) is 10.2. The number of aliphatic hydroxyl groups excluding tert-OH is 2. The summed E-state index contributed by atoms with van der Waals surface area (Å²) in [6.45, 7) is 1.12. The lowest BCUT2D eigenvalue weighted by Gasteiger charge is -2.04. The van der Waals surface area contributed by atoms with Crippen LogP contribution in [0, 0.1) is 0 Å². The third kappa shape index (κ3) is 5.87. The molecule has 0 aromatic carbocycles. The van der Waals surface area contributed by atoms with E-state index in [-0.39, 0.29) is 12.5 Å². The van der Waals surface area contributed by atoms with Crippen molar-refractivity contribution in [1.29, 1.82) is 0 Å². The first kappa shape index (κ1) is 9.74. The fraction of sp³-hybridized carbons (Fsp3) is 0.800. The molecule has 0 spiro atoms. The Hall–Kier alpha value is -0.260. The van der Waals surface area contributed by atoms with Crippen LogP contribution in [0.4, 0.5) is 0 Å². The first-order valence-electron chi connectivity index (χ1n) is 2.84. The van der Waals surface area contributed by atoms with Gasteiger partial charge in [-0.25, -0.2) is 0 Å². The van der Waals surface area contributed by atoms with Gasteiger partial charge in [0.05, 0.1) is 12.7 Å². The van der Waals surface area contributed by atoms with E-state index in [1.54, 1.807) is 0 Å². The van der Waals surface area contributed by atoms with Gasteiger partial charge in [0.25, 0.3) is 0 Å². The van der Waals surface area contributed by atoms with Crippen LogP contribution in [0.1, 0.15) is 6.92 Å². The summed E-state index contributed by atoms with van der Waals surface area (Å²) in [7, 11) is 0. The lowest BCUT2D eigenvalue weighted by molar-refractivity contribution is -0.117. The van der Waals surface area contributed by atoms with Crippen molar-refractivity contribution in [1.82, 2.24) is 4.72 Å². The normalized spacial score (nSPS) is 12.7. The summed E-state index contributed by atoms with van der Waals surface area (Å²) in [6.07, 6.45) is -0.753. The molecule has 0 aliphatic heterocycles. The molecule has 60 valence electrons. The van der Waals surface area contributed by atoms with E-state index in [4.69, 9.17) is 10.2 Å². The number of carbonyl (C=O) groups excluding carboxylic acids is 1. The van der Waals surface area contributed by atoms with Crippen LogP contribution in [-0.4, -0.2) is 34.6 Å². The first-order chi connectivity index (χ1) is 4.66. The molecule has 0 aliphatic rings. The van der Waals surface area contributed by atoms with Gasteiger partial charge >= 0.3 is 0 Å². The zero-order chi connectivity index (χ0) is 7.98. The molecule has 0 aromatic heterocycles. The summed E-state index contributed by atoms with van der Waals surface area (Å²) in [6, 6.07) is 0. The lowest BCUT2D eigenvalue weighted by atomic mass is 10.4. The number of hydrogen-bond acceptors (Lipinski definition) is 4. The maximum atomic E-state index is 10.2. The second-order valence-corrected chi connectivity index (χ2v) is 2.63. The predicted octanol–water partition coefficient (Wildman–Crippen LogP) is -0.876. The van der Waals surface area contributed by atoms with Crippen LogP contribution < -0.4 is 4.72 Å². The van der Waals surface area contributed by atoms with Gasteiger partial charge in [-0.1, -0.05) is 0 Å². The summed E-state index contributed by atoms with van der Waals surface area (Å²) in [5.74, 6) is 0.158. The fourth-order valence-electron chi connectivity index (χ4n) is 0.292. The standard InChI is InChI=1S/C5H11NO3S/c1-4(8)6-10-3-5(9)2-7/h5,7,9H,2-3H2,1H3,(H,6,8). The van der Waals surface area contributed by atoms with Gasteiger partial charge in [0.2, 0.25) is 5.91 Å². The minimum absolute atomic E-state index is 0.157. The van der Waals surface area contributed by atoms with Gasteiger partial charge in [0, 0.05) is 12.7 Å². The van der Waals surface area contributed by atoms with Crippen LogP contribution in [0.15, 0.2) is 0 Å². The van der Waals surface area contributed by atoms with E-state index < -0.39 is 6.10 Å². The number of nitrogens with one attached hydrogen (secondary N) is 1. The van der Waals surface area contributed by atoms with Crippen molar-refractivity contribution in [3.05, 3.63) is 0 Å². The highest BCUT2D eigenvalue weighted by molar-refractivity contribution is 7.97. The van der Waals surface area contributed by atoms with E-state index >= 15 is 0 Å². The first-order valence-corrected chi connectivity index (χ1v) is 3.82. The van der Waals surface area contributed by atoms with Crippen molar-refractivity contribution >= 4 is 17.9 Å². The fourth-order valence-corrected chi connectivity index (χ4v) is 0.877. The third-order valence-corrected chi connectivity index (χ3v) is 1.69. The average molecular weight is 165 g/mol. The van der Waals surface area contributed by atoms with Crippen molar-refractivity contribution in [3.8, 4) is 0 Å². The maximum absolute atomic E-state index is 10.2. The van der Waals surface area contributed by atoms with E-state index in [1.807, 2.05) is 0 Å². The molecule has 1 unspecified atom stereocenters. The van der Waals surface area contributed by atoms with Crippen LogP contribution in [0.5, 0.6) is 0 Å². The average Bonchev–Trinajstić information content (AvgIpc) is 1.87. The van der Waals surface area contributed by atoms with Crippen LogP contribution >= 0.6 is 11.9 Å². The van der Waals surface area contributed by atoms with Crippen LogP contribution in [0.2, 0.25) is 0 Å². The second-order valence-electron chi connectivity index (χ2n) is 1.81. The van der Waals surface area contributed by atoms with Gasteiger partial charge in [0.15, 0.2) is 0 Å². The highest BCUT2D eigenvalue weighted by Gasteiger charge is 2.01. The van der Waals surface area contributed by atoms with Crippen LogP contribution in [0.25, 0.3) is 0 Å². The summed E-state index contributed by atoms with van der Waals surface area (Å²) in [5, 5.41) is 17.1. The number of amides is 1. The van der Waals surface area contributed by atoms with Gasteiger partial charge in [-0.3, -0.25) is 4.79 Å². The SMILES string of the molecule is CC(=O)NSCC(O)CO. The molecule has 5 heteroatoms. The highest BCUT2D eigenvalue weighted by Crippen LogP contribution is 1.95. The molecular weight excluding hydrogens is 154 g/mol. The van der Waals surface area contributed by atoms with Crippen LogP contribution in [-0.2, 0) is 4.79 Å². The molecule has 4 nitrogen and oxygen atoms in total. The molecule has 3 N–H and O–H groups in total. The van der Waals surface area contributed by atoms with Crippen LogP contribution in [0.3, 0.4) is 0 Å². The van der Waals surface area contributed by atoms with Crippen molar-refractivity contribution in [2.75, 3.05) is 12.4 Å². The number of carbonyl (C=O) groups is 1. The number of hydrogen-bond donors (Lipinski definition) is 3. The smallest absolute Gasteiger partial charge is 0.226 e. The van der Waals surface area contributed by atoms with Gasteiger partial charge in [-0.15, -0.1) is 0 Å². The van der Waals surface area contributed by atoms with Crippen molar-refractivity contribution in [2.45, 2.75) is 13.0 Å². The molecule has 0 fully saturated rings. The van der Waals surface area contributed by atoms with E-state index in [1.165, 1.54) is 6.92 Å². The Morgan fingerprint density at radius 2 is 2.40 bits per heavy atom. The zero-order valence-corrected chi connectivity index (χ0v) is 6.52. The molecule has 0 heterocycles. The molecule has 0 aliphatic carbocycles. The van der Waals surface area contributed by atoms with Gasteiger partial charge < -0.3 is 14.9 Å². The zero-order valence-electron chi connectivity index (χ0n) is 5.70. The topological polar surface area (TPSA) is 69.6 Å². The molecule has 10 heavy (non-hydrogen) atoms. The minimum Gasteiger partial charge on any atom is -0.394 e. The van der Waals surface area contributed by atoms with Gasteiger partial charge in [0.1, 0.15) is 0 Å². The van der Waals surface area contributed by atoms with Gasteiger partial charge in [-0.2, -0.15) is 0 Å². The van der Waals surface area contributed by atoms with Crippen molar-refractivity contribution in [3.63, 3.8) is 0 Å². The molecular formula is C5H11NO3S. The van der Waals surface area contributed by atoms with Crippen molar-refractivity contribution < 1.29 is 15.0 Å². The Balaban J connectivity index is 3.11. The largest absolute Gasteiger partial charge is 0.394 e. The molecule has 0 radical (unpaired) electrons. The predicted molar refractivity (Wildman–Crippen MR) is 39.4 cm³/mol. The Morgan fingerprint density at radius 1 is 1.80 bits per heavy atom. The summed E-state index contributed by atoms with van der Waals surface area (Å²) in [5.41, 5.74) is 0. The molecule has 0 saturated heterocycles. The molecule has 0 rings (SSSR count). The summed E-state index contributed by atoms with van der Waals surface area (Å²) >= 11 is 1.08. The van der Waals surface area contributed by atoms with E-state index in [0.717, 1.165) is 11.9 Å². The second kappa shape index (κ2) is 5.52. The van der Waals surface area contributed by atoms with Crippen molar-refractivity contribution in [2.24, 2.45) is 0 Å². The van der Waals surface area contributed by atoms with Gasteiger partial charge in [-0.05, 0) is 11.9 Å². The number of rotatable bonds is 4. The Bertz CT molecular complexity index is 109.